The smallest absolute Gasteiger partial charge is 0.349 e. The Morgan fingerprint density at radius 2 is 0.944 bits per heavy atom. The van der Waals surface area contributed by atoms with Crippen molar-refractivity contribution in [2.45, 2.75) is 25.0 Å². The predicted octanol–water partition coefficient (Wildman–Crippen LogP) is 1.50. The highest BCUT2D eigenvalue weighted by Gasteiger charge is 2.40. The molecule has 0 spiro atoms. The van der Waals surface area contributed by atoms with Gasteiger partial charge in [0.2, 0.25) is 12.2 Å². The van der Waals surface area contributed by atoms with Crippen LogP contribution >= 0.6 is 0 Å². The molecule has 2 aromatic rings. The number of benzene rings is 2. The minimum absolute atomic E-state index is 0.324. The maximum absolute atomic E-state index is 12.4. The second-order valence-electron chi connectivity index (χ2n) is 7.23. The number of rotatable bonds is 13. The van der Waals surface area contributed by atoms with Crippen LogP contribution in [0.3, 0.4) is 0 Å². The van der Waals surface area contributed by atoms with Gasteiger partial charge in [0.15, 0.2) is 23.0 Å². The topological polar surface area (TPSA) is 164 Å². The molecule has 2 atom stereocenters. The molecular weight excluding hydrogens is 480 g/mol. The summed E-state index contributed by atoms with van der Waals surface area (Å²) in [6, 6.07) is 9.08. The monoisotopic (exact) mass is 506 g/mol. The Balaban J connectivity index is 2.13. The zero-order valence-electron chi connectivity index (χ0n) is 20.0. The van der Waals surface area contributed by atoms with Crippen LogP contribution in [-0.2, 0) is 41.5 Å². The Hall–Kier alpha value is -4.48. The summed E-state index contributed by atoms with van der Waals surface area (Å²) >= 11 is 0. The van der Waals surface area contributed by atoms with E-state index in [1.165, 1.54) is 64.8 Å². The van der Waals surface area contributed by atoms with Gasteiger partial charge in [-0.3, -0.25) is 9.59 Å². The molecule has 194 valence electrons. The summed E-state index contributed by atoms with van der Waals surface area (Å²) in [5.74, 6) is -4.26. The summed E-state index contributed by atoms with van der Waals surface area (Å²) in [7, 11) is 5.66. The van der Waals surface area contributed by atoms with Crippen LogP contribution in [0.15, 0.2) is 36.4 Å². The number of methoxy groups -OCH3 is 4. The highest BCUT2D eigenvalue weighted by atomic mass is 16.6. The van der Waals surface area contributed by atoms with E-state index in [4.69, 9.17) is 28.4 Å². The van der Waals surface area contributed by atoms with E-state index >= 15 is 0 Å². The molecular formula is C24H26O12. The largest absolute Gasteiger partial charge is 0.493 e. The number of hydrogen-bond acceptors (Lipinski definition) is 10. The summed E-state index contributed by atoms with van der Waals surface area (Å²) in [5.41, 5.74) is 0.776. The van der Waals surface area contributed by atoms with Gasteiger partial charge < -0.3 is 38.6 Å². The third-order valence-corrected chi connectivity index (χ3v) is 4.87. The van der Waals surface area contributed by atoms with E-state index in [0.29, 0.717) is 34.1 Å². The number of esters is 2. The standard InChI is InChI=1S/C24H26O12/c1-31-15-7-5-13(9-17(15)33-3)11-19(25)35-21(23(27)28)22(24(29)30)36-20(26)12-14-6-8-16(32-2)18(10-14)34-4/h5-10,21-22H,11-12H2,1-4H3,(H,27,28)(H,29,30)/t21-,22-/m1/s1. The molecule has 0 heterocycles. The van der Waals surface area contributed by atoms with Crippen LogP contribution in [0.25, 0.3) is 0 Å². The van der Waals surface area contributed by atoms with Gasteiger partial charge in [-0.05, 0) is 35.4 Å². The highest BCUT2D eigenvalue weighted by Crippen LogP contribution is 2.29. The molecule has 36 heavy (non-hydrogen) atoms. The van der Waals surface area contributed by atoms with Crippen molar-refractivity contribution in [3.63, 3.8) is 0 Å². The average molecular weight is 506 g/mol. The van der Waals surface area contributed by atoms with Crippen LogP contribution in [0.4, 0.5) is 0 Å². The predicted molar refractivity (Wildman–Crippen MR) is 122 cm³/mol. The van der Waals surface area contributed by atoms with E-state index in [1.54, 1.807) is 0 Å². The molecule has 12 heteroatoms. The van der Waals surface area contributed by atoms with E-state index in [0.717, 1.165) is 0 Å². The highest BCUT2D eigenvalue weighted by molar-refractivity contribution is 5.88. The van der Waals surface area contributed by atoms with E-state index in [9.17, 15) is 29.4 Å². The van der Waals surface area contributed by atoms with Gasteiger partial charge in [-0.25, -0.2) is 9.59 Å². The molecule has 0 amide bonds. The van der Waals surface area contributed by atoms with Gasteiger partial charge in [0, 0.05) is 0 Å². The lowest BCUT2D eigenvalue weighted by Gasteiger charge is -2.21. The van der Waals surface area contributed by atoms with Crippen LogP contribution in [0, 0.1) is 0 Å². The maximum Gasteiger partial charge on any atom is 0.349 e. The molecule has 0 saturated carbocycles. The van der Waals surface area contributed by atoms with E-state index in [1.807, 2.05) is 0 Å². The molecule has 2 rings (SSSR count). The van der Waals surface area contributed by atoms with Crippen LogP contribution < -0.4 is 18.9 Å². The van der Waals surface area contributed by atoms with Crippen LogP contribution in [-0.4, -0.2) is 74.7 Å². The lowest BCUT2D eigenvalue weighted by atomic mass is 10.1. The Kier molecular flexibility index (Phi) is 9.90. The summed E-state index contributed by atoms with van der Waals surface area (Å²) in [6.45, 7) is 0. The number of carboxylic acids is 2. The molecule has 0 aliphatic carbocycles. The molecule has 2 aromatic carbocycles. The number of carboxylic acid groups (broad SMARTS) is 2. The Labute approximate surface area is 206 Å². The first-order valence-electron chi connectivity index (χ1n) is 10.4. The molecule has 0 fully saturated rings. The molecule has 0 unspecified atom stereocenters. The number of aliphatic carboxylic acids is 2. The van der Waals surface area contributed by atoms with Gasteiger partial charge in [-0.1, -0.05) is 12.1 Å². The minimum atomic E-state index is -2.29. The molecule has 0 aromatic heterocycles. The van der Waals surface area contributed by atoms with Crippen molar-refractivity contribution in [2.24, 2.45) is 0 Å². The van der Waals surface area contributed by atoms with Crippen LogP contribution in [0.2, 0.25) is 0 Å². The number of carbonyl (C=O) groups excluding carboxylic acids is 2. The van der Waals surface area contributed by atoms with Crippen LogP contribution in [0.5, 0.6) is 23.0 Å². The molecule has 2 N–H and O–H groups in total. The fraction of sp³-hybridized carbons (Fsp3) is 0.333. The average Bonchev–Trinajstić information content (AvgIpc) is 2.85. The number of ether oxygens (including phenoxy) is 6. The van der Waals surface area contributed by atoms with Crippen molar-refractivity contribution in [2.75, 3.05) is 28.4 Å². The van der Waals surface area contributed by atoms with Gasteiger partial charge in [-0.15, -0.1) is 0 Å². The minimum Gasteiger partial charge on any atom is -0.493 e. The molecule has 0 aliphatic rings. The van der Waals surface area contributed by atoms with Crippen molar-refractivity contribution >= 4 is 23.9 Å². The Morgan fingerprint density at radius 1 is 0.611 bits per heavy atom. The first kappa shape index (κ1) is 27.8. The van der Waals surface area contributed by atoms with Crippen molar-refractivity contribution in [3.8, 4) is 23.0 Å². The third kappa shape index (κ3) is 7.26. The fourth-order valence-electron chi connectivity index (χ4n) is 3.16. The van der Waals surface area contributed by atoms with Crippen molar-refractivity contribution < 1.29 is 57.8 Å². The number of hydrogen-bond donors (Lipinski definition) is 2. The van der Waals surface area contributed by atoms with E-state index in [2.05, 4.69) is 0 Å². The van der Waals surface area contributed by atoms with Gasteiger partial charge in [0.05, 0.1) is 41.3 Å². The third-order valence-electron chi connectivity index (χ3n) is 4.87. The summed E-state index contributed by atoms with van der Waals surface area (Å²) in [4.78, 5) is 48.2. The number of carbonyl (C=O) groups is 4. The second-order valence-corrected chi connectivity index (χ2v) is 7.23. The van der Waals surface area contributed by atoms with Gasteiger partial charge in [0.25, 0.3) is 0 Å². The zero-order chi connectivity index (χ0) is 26.8. The molecule has 12 nitrogen and oxygen atoms in total. The summed E-state index contributed by atoms with van der Waals surface area (Å²) in [5, 5.41) is 19.0. The maximum atomic E-state index is 12.4. The lowest BCUT2D eigenvalue weighted by Crippen LogP contribution is -2.46. The van der Waals surface area contributed by atoms with E-state index in [-0.39, 0.29) is 0 Å². The Morgan fingerprint density at radius 3 is 1.22 bits per heavy atom. The molecule has 0 saturated heterocycles. The second kappa shape index (κ2) is 12.8. The normalized spacial score (nSPS) is 12.0. The van der Waals surface area contributed by atoms with Crippen molar-refractivity contribution in [3.05, 3.63) is 47.5 Å². The van der Waals surface area contributed by atoms with Gasteiger partial charge in [-0.2, -0.15) is 0 Å². The van der Waals surface area contributed by atoms with Gasteiger partial charge in [0.1, 0.15) is 0 Å². The zero-order valence-corrected chi connectivity index (χ0v) is 20.0. The fourth-order valence-corrected chi connectivity index (χ4v) is 3.16. The molecule has 0 aliphatic heterocycles. The first-order chi connectivity index (χ1) is 17.1. The SMILES string of the molecule is COc1ccc(CC(=O)O[C@@H](C(=O)O)[C@@H](OC(=O)Cc2ccc(OC)c(OC)c2)C(=O)O)cc1OC. The quantitative estimate of drug-likeness (QED) is 0.377. The van der Waals surface area contributed by atoms with Gasteiger partial charge >= 0.3 is 23.9 Å². The molecule has 0 radical (unpaired) electrons. The van der Waals surface area contributed by atoms with E-state index < -0.39 is 48.9 Å². The van der Waals surface area contributed by atoms with Crippen molar-refractivity contribution in [1.29, 1.82) is 0 Å². The van der Waals surface area contributed by atoms with Crippen LogP contribution in [0.1, 0.15) is 11.1 Å². The summed E-state index contributed by atoms with van der Waals surface area (Å²) < 4.78 is 30.3. The molecule has 0 bridgehead atoms. The lowest BCUT2D eigenvalue weighted by molar-refractivity contribution is -0.187. The summed E-state index contributed by atoms with van der Waals surface area (Å²) in [6.07, 6.45) is -5.39. The Bertz CT molecular complexity index is 1020. The first-order valence-corrected chi connectivity index (χ1v) is 10.4. The van der Waals surface area contributed by atoms with Crippen molar-refractivity contribution in [1.82, 2.24) is 0 Å².